The molecule has 0 saturated carbocycles. The molecule has 0 N–H and O–H groups in total. The van der Waals surface area contributed by atoms with Gasteiger partial charge in [0.05, 0.1) is 5.03 Å². The Morgan fingerprint density at radius 2 is 0.879 bits per heavy atom. The summed E-state index contributed by atoms with van der Waals surface area (Å²) in [4.78, 5) is 0. The lowest BCUT2D eigenvalue weighted by Gasteiger charge is -2.07. The standard InChI is InChI=1S/C32H21Cl/c33-32-22-21-29(28-13-11-26(12-14-28)24-7-3-1-4-8-24)19-20-31(23-32)30-17-15-27(16-18-30)25-9-5-2-6-10-25/h1-18,20-21,23H. The average Bonchev–Trinajstić information content (AvgIpc) is 2.88. The highest BCUT2D eigenvalue weighted by Crippen LogP contribution is 2.27. The minimum Gasteiger partial charge on any atom is -0.111 e. The van der Waals surface area contributed by atoms with Crippen molar-refractivity contribution in [2.24, 2.45) is 0 Å². The number of rotatable bonds is 4. The van der Waals surface area contributed by atoms with Gasteiger partial charge in [0, 0.05) is 5.57 Å². The van der Waals surface area contributed by atoms with Gasteiger partial charge in [0.15, 0.2) is 0 Å². The molecule has 0 bridgehead atoms. The molecule has 156 valence electrons. The van der Waals surface area contributed by atoms with Crippen LogP contribution in [0, 0.1) is 0 Å². The van der Waals surface area contributed by atoms with E-state index < -0.39 is 0 Å². The SMILES string of the molecule is ClC1=C=CC(c2ccc(-c3ccccc3)cc2)=C=CC(c2ccc(-c3ccccc3)cc2)=C1. The lowest BCUT2D eigenvalue weighted by atomic mass is 9.98. The summed E-state index contributed by atoms with van der Waals surface area (Å²) in [5, 5.41) is 0.563. The van der Waals surface area contributed by atoms with E-state index in [4.69, 9.17) is 11.6 Å². The van der Waals surface area contributed by atoms with Crippen LogP contribution in [0.1, 0.15) is 11.1 Å². The minimum absolute atomic E-state index is 0.563. The molecule has 0 aliphatic heterocycles. The first-order chi connectivity index (χ1) is 16.3. The van der Waals surface area contributed by atoms with Gasteiger partial charge in [-0.25, -0.2) is 0 Å². The molecule has 1 aliphatic rings. The van der Waals surface area contributed by atoms with E-state index in [2.05, 4.69) is 109 Å². The fraction of sp³-hybridized carbons (Fsp3) is 0. The first-order valence-electron chi connectivity index (χ1n) is 10.9. The Morgan fingerprint density at radius 1 is 0.424 bits per heavy atom. The Bertz CT molecular complexity index is 1420. The molecule has 0 radical (unpaired) electrons. The third kappa shape index (κ3) is 4.90. The first-order valence-corrected chi connectivity index (χ1v) is 11.3. The zero-order valence-corrected chi connectivity index (χ0v) is 18.8. The Morgan fingerprint density at radius 3 is 1.42 bits per heavy atom. The lowest BCUT2D eigenvalue weighted by Crippen LogP contribution is -1.85. The van der Waals surface area contributed by atoms with Gasteiger partial charge in [0.1, 0.15) is 0 Å². The van der Waals surface area contributed by atoms with Crippen LogP contribution in [0.15, 0.2) is 144 Å². The van der Waals surface area contributed by atoms with Crippen LogP contribution < -0.4 is 0 Å². The maximum absolute atomic E-state index is 6.46. The summed E-state index contributed by atoms with van der Waals surface area (Å²) in [5.41, 5.74) is 15.5. The van der Waals surface area contributed by atoms with E-state index in [1.807, 2.05) is 30.4 Å². The van der Waals surface area contributed by atoms with Crippen molar-refractivity contribution in [3.05, 3.63) is 155 Å². The monoisotopic (exact) mass is 440 g/mol. The quantitative estimate of drug-likeness (QED) is 0.278. The van der Waals surface area contributed by atoms with Gasteiger partial charge >= 0.3 is 0 Å². The van der Waals surface area contributed by atoms with Crippen LogP contribution in [0.4, 0.5) is 0 Å². The van der Waals surface area contributed by atoms with Crippen LogP contribution in [-0.4, -0.2) is 0 Å². The molecule has 1 heteroatoms. The Hall–Kier alpha value is -4.05. The Labute approximate surface area is 199 Å². The fourth-order valence-corrected chi connectivity index (χ4v) is 4.02. The second kappa shape index (κ2) is 9.61. The fourth-order valence-electron chi connectivity index (χ4n) is 3.85. The smallest absolute Gasteiger partial charge is 0.0831 e. The van der Waals surface area contributed by atoms with Crippen molar-refractivity contribution in [3.8, 4) is 22.3 Å². The highest BCUT2D eigenvalue weighted by Gasteiger charge is 2.05. The summed E-state index contributed by atoms with van der Waals surface area (Å²) in [5.74, 6) is 0. The largest absolute Gasteiger partial charge is 0.111 e. The average molecular weight is 441 g/mol. The summed E-state index contributed by atoms with van der Waals surface area (Å²) >= 11 is 6.46. The molecule has 0 spiro atoms. The third-order valence-corrected chi connectivity index (χ3v) is 5.87. The van der Waals surface area contributed by atoms with E-state index in [-0.39, 0.29) is 0 Å². The molecule has 0 atom stereocenters. The maximum Gasteiger partial charge on any atom is 0.0831 e. The Balaban J connectivity index is 1.46. The van der Waals surface area contributed by atoms with Gasteiger partial charge in [-0.2, -0.15) is 0 Å². The summed E-state index contributed by atoms with van der Waals surface area (Å²) < 4.78 is 0. The van der Waals surface area contributed by atoms with Gasteiger partial charge < -0.3 is 0 Å². The second-order valence-electron chi connectivity index (χ2n) is 7.83. The molecular weight excluding hydrogens is 420 g/mol. The normalized spacial score (nSPS) is 12.9. The van der Waals surface area contributed by atoms with E-state index in [9.17, 15) is 0 Å². The van der Waals surface area contributed by atoms with Crippen molar-refractivity contribution in [2.75, 3.05) is 0 Å². The third-order valence-electron chi connectivity index (χ3n) is 5.65. The topological polar surface area (TPSA) is 0 Å². The lowest BCUT2D eigenvalue weighted by molar-refractivity contribution is 1.57. The van der Waals surface area contributed by atoms with Crippen molar-refractivity contribution in [3.63, 3.8) is 0 Å². The maximum atomic E-state index is 6.46. The summed E-state index contributed by atoms with van der Waals surface area (Å²) in [6, 6.07) is 37.8. The van der Waals surface area contributed by atoms with E-state index in [1.165, 1.54) is 22.3 Å². The predicted octanol–water partition coefficient (Wildman–Crippen LogP) is 8.93. The van der Waals surface area contributed by atoms with Crippen molar-refractivity contribution >= 4 is 22.7 Å². The molecule has 4 aromatic rings. The zero-order chi connectivity index (χ0) is 22.5. The van der Waals surface area contributed by atoms with Crippen LogP contribution in [0.5, 0.6) is 0 Å². The van der Waals surface area contributed by atoms with Crippen LogP contribution in [0.3, 0.4) is 0 Å². The van der Waals surface area contributed by atoms with E-state index in [0.717, 1.165) is 22.3 Å². The highest BCUT2D eigenvalue weighted by molar-refractivity contribution is 6.31. The number of hydrogen-bond donors (Lipinski definition) is 0. The molecule has 0 amide bonds. The van der Waals surface area contributed by atoms with Gasteiger partial charge in [-0.15, -0.1) is 5.73 Å². The molecule has 33 heavy (non-hydrogen) atoms. The van der Waals surface area contributed by atoms with Crippen LogP contribution in [0.2, 0.25) is 0 Å². The van der Waals surface area contributed by atoms with Crippen molar-refractivity contribution < 1.29 is 0 Å². The summed E-state index contributed by atoms with van der Waals surface area (Å²) in [6.07, 6.45) is 5.82. The van der Waals surface area contributed by atoms with Crippen LogP contribution in [0.25, 0.3) is 33.4 Å². The molecule has 0 heterocycles. The van der Waals surface area contributed by atoms with Gasteiger partial charge in [0.25, 0.3) is 0 Å². The number of hydrogen-bond acceptors (Lipinski definition) is 0. The van der Waals surface area contributed by atoms with E-state index in [1.54, 1.807) is 0 Å². The van der Waals surface area contributed by atoms with Crippen molar-refractivity contribution in [2.45, 2.75) is 0 Å². The summed E-state index contributed by atoms with van der Waals surface area (Å²) in [6.45, 7) is 0. The number of halogens is 1. The molecule has 0 aromatic heterocycles. The molecule has 0 unspecified atom stereocenters. The van der Waals surface area contributed by atoms with E-state index >= 15 is 0 Å². The first kappa shape index (κ1) is 20.8. The molecule has 0 nitrogen and oxygen atoms in total. The molecule has 0 saturated heterocycles. The number of benzene rings is 4. The Kier molecular flexibility index (Phi) is 6.07. The van der Waals surface area contributed by atoms with Crippen LogP contribution in [-0.2, 0) is 0 Å². The van der Waals surface area contributed by atoms with Crippen molar-refractivity contribution in [1.29, 1.82) is 0 Å². The van der Waals surface area contributed by atoms with Crippen LogP contribution >= 0.6 is 11.6 Å². The molecule has 0 fully saturated rings. The minimum atomic E-state index is 0.563. The second-order valence-corrected chi connectivity index (χ2v) is 8.23. The zero-order valence-electron chi connectivity index (χ0n) is 18.0. The molecule has 1 aliphatic carbocycles. The highest BCUT2D eigenvalue weighted by atomic mass is 35.5. The van der Waals surface area contributed by atoms with Gasteiger partial charge in [-0.05, 0) is 57.2 Å². The van der Waals surface area contributed by atoms with Gasteiger partial charge in [-0.1, -0.05) is 127 Å². The molecule has 4 aromatic carbocycles. The van der Waals surface area contributed by atoms with E-state index in [0.29, 0.717) is 5.03 Å². The predicted molar refractivity (Wildman–Crippen MR) is 141 cm³/mol. The van der Waals surface area contributed by atoms with Gasteiger partial charge in [-0.3, -0.25) is 0 Å². The van der Waals surface area contributed by atoms with Gasteiger partial charge in [0.2, 0.25) is 0 Å². The molecular formula is C32H21Cl. The molecule has 5 rings (SSSR count). The summed E-state index contributed by atoms with van der Waals surface area (Å²) in [7, 11) is 0. The number of allylic oxidation sites excluding steroid dienone is 4. The van der Waals surface area contributed by atoms with Crippen molar-refractivity contribution in [1.82, 2.24) is 0 Å².